The zero-order valence-electron chi connectivity index (χ0n) is 9.73. The normalized spacial score (nSPS) is 17.5. The molecule has 1 aromatic rings. The zero-order valence-corrected chi connectivity index (χ0v) is 9.73. The summed E-state index contributed by atoms with van der Waals surface area (Å²) in [7, 11) is 0. The van der Waals surface area contributed by atoms with Crippen LogP contribution in [0.15, 0.2) is 12.2 Å². The number of tetrazole rings is 1. The maximum Gasteiger partial charge on any atom is 0.174 e. The highest BCUT2D eigenvalue weighted by Crippen LogP contribution is 2.27. The van der Waals surface area contributed by atoms with Gasteiger partial charge in [-0.05, 0) is 25.2 Å². The SMILES string of the molecule is C(=CCC1CCCC1)CCCc1nn[nH]n1. The molecule has 0 aliphatic heterocycles. The first-order valence-electron chi connectivity index (χ1n) is 6.32. The van der Waals surface area contributed by atoms with Crippen LogP contribution < -0.4 is 0 Å². The van der Waals surface area contributed by atoms with E-state index in [9.17, 15) is 0 Å². The van der Waals surface area contributed by atoms with E-state index in [4.69, 9.17) is 0 Å². The lowest BCUT2D eigenvalue weighted by Crippen LogP contribution is -1.90. The molecule has 0 aromatic carbocycles. The van der Waals surface area contributed by atoms with Crippen LogP contribution in [0.1, 0.15) is 50.8 Å². The van der Waals surface area contributed by atoms with E-state index in [1.807, 2.05) is 0 Å². The van der Waals surface area contributed by atoms with Crippen molar-refractivity contribution in [3.63, 3.8) is 0 Å². The monoisotopic (exact) mass is 220 g/mol. The number of aromatic amines is 1. The van der Waals surface area contributed by atoms with E-state index >= 15 is 0 Å². The molecular formula is C12H20N4. The number of nitrogens with one attached hydrogen (secondary N) is 1. The molecule has 0 unspecified atom stereocenters. The Balaban J connectivity index is 1.52. The molecule has 0 atom stereocenters. The second-order valence-electron chi connectivity index (χ2n) is 4.58. The predicted molar refractivity (Wildman–Crippen MR) is 62.8 cm³/mol. The summed E-state index contributed by atoms with van der Waals surface area (Å²) in [4.78, 5) is 0. The first-order chi connectivity index (χ1) is 7.95. The molecule has 1 aromatic heterocycles. The molecule has 0 spiro atoms. The molecule has 4 nitrogen and oxygen atoms in total. The molecular weight excluding hydrogens is 200 g/mol. The van der Waals surface area contributed by atoms with Gasteiger partial charge < -0.3 is 0 Å². The van der Waals surface area contributed by atoms with Gasteiger partial charge in [0, 0.05) is 6.42 Å². The van der Waals surface area contributed by atoms with Crippen LogP contribution in [0.3, 0.4) is 0 Å². The lowest BCUT2D eigenvalue weighted by atomic mass is 10.0. The molecule has 16 heavy (non-hydrogen) atoms. The van der Waals surface area contributed by atoms with Crippen LogP contribution in [-0.2, 0) is 6.42 Å². The highest BCUT2D eigenvalue weighted by atomic mass is 15.5. The van der Waals surface area contributed by atoms with E-state index in [-0.39, 0.29) is 0 Å². The highest BCUT2D eigenvalue weighted by molar-refractivity contribution is 4.86. The molecule has 0 saturated heterocycles. The summed E-state index contributed by atoms with van der Waals surface area (Å²) in [5, 5.41) is 13.9. The minimum atomic E-state index is 0.823. The Morgan fingerprint density at radius 1 is 1.25 bits per heavy atom. The maximum atomic E-state index is 3.93. The topological polar surface area (TPSA) is 54.5 Å². The van der Waals surface area contributed by atoms with Crippen LogP contribution in [-0.4, -0.2) is 20.6 Å². The number of hydrogen-bond donors (Lipinski definition) is 1. The molecule has 1 aliphatic carbocycles. The van der Waals surface area contributed by atoms with Crippen LogP contribution in [0.4, 0.5) is 0 Å². The molecule has 1 N–H and O–H groups in total. The van der Waals surface area contributed by atoms with E-state index in [0.717, 1.165) is 31.0 Å². The van der Waals surface area contributed by atoms with Gasteiger partial charge in [0.1, 0.15) is 0 Å². The van der Waals surface area contributed by atoms with E-state index in [1.54, 1.807) is 0 Å². The van der Waals surface area contributed by atoms with Crippen molar-refractivity contribution < 1.29 is 0 Å². The Bertz CT molecular complexity index is 299. The van der Waals surface area contributed by atoms with Crippen molar-refractivity contribution in [3.8, 4) is 0 Å². The summed E-state index contributed by atoms with van der Waals surface area (Å²) < 4.78 is 0. The van der Waals surface area contributed by atoms with E-state index < -0.39 is 0 Å². The molecule has 0 amide bonds. The quantitative estimate of drug-likeness (QED) is 0.592. The van der Waals surface area contributed by atoms with Gasteiger partial charge in [-0.3, -0.25) is 0 Å². The Labute approximate surface area is 96.5 Å². The Morgan fingerprint density at radius 3 is 2.88 bits per heavy atom. The van der Waals surface area contributed by atoms with Gasteiger partial charge in [0.05, 0.1) is 0 Å². The number of allylic oxidation sites excluding steroid dienone is 2. The van der Waals surface area contributed by atoms with Crippen molar-refractivity contribution in [2.45, 2.75) is 51.4 Å². The number of hydrogen-bond acceptors (Lipinski definition) is 3. The second kappa shape index (κ2) is 6.40. The average molecular weight is 220 g/mol. The van der Waals surface area contributed by atoms with Crippen molar-refractivity contribution in [3.05, 3.63) is 18.0 Å². The molecule has 88 valence electrons. The Morgan fingerprint density at radius 2 is 2.12 bits per heavy atom. The van der Waals surface area contributed by atoms with Crippen LogP contribution in [0.25, 0.3) is 0 Å². The summed E-state index contributed by atoms with van der Waals surface area (Å²) in [6.07, 6.45) is 14.9. The van der Waals surface area contributed by atoms with Crippen molar-refractivity contribution >= 4 is 0 Å². The fourth-order valence-corrected chi connectivity index (χ4v) is 2.32. The molecule has 4 heteroatoms. The fraction of sp³-hybridized carbons (Fsp3) is 0.750. The predicted octanol–water partition coefficient (Wildman–Crippen LogP) is 2.66. The van der Waals surface area contributed by atoms with Crippen LogP contribution >= 0.6 is 0 Å². The number of unbranched alkanes of at least 4 members (excludes halogenated alkanes) is 1. The summed E-state index contributed by atoms with van der Waals surface area (Å²) in [6, 6.07) is 0. The van der Waals surface area contributed by atoms with Crippen molar-refractivity contribution in [1.29, 1.82) is 0 Å². The Hall–Kier alpha value is -1.19. The van der Waals surface area contributed by atoms with Gasteiger partial charge in [-0.15, -0.1) is 10.2 Å². The van der Waals surface area contributed by atoms with E-state index in [0.29, 0.717) is 0 Å². The first-order valence-corrected chi connectivity index (χ1v) is 6.32. The van der Waals surface area contributed by atoms with Crippen LogP contribution in [0.5, 0.6) is 0 Å². The minimum Gasteiger partial charge on any atom is -0.177 e. The van der Waals surface area contributed by atoms with Crippen LogP contribution in [0.2, 0.25) is 0 Å². The molecule has 0 bridgehead atoms. The summed E-state index contributed by atoms with van der Waals surface area (Å²) in [6.45, 7) is 0. The standard InChI is InChI=1S/C12H20N4/c1(3-7-11-8-5-6-9-11)2-4-10-12-13-15-16-14-12/h1,3,11H,2,4-10H2,(H,13,14,15,16). The van der Waals surface area contributed by atoms with Gasteiger partial charge in [0.2, 0.25) is 0 Å². The summed E-state index contributed by atoms with van der Waals surface area (Å²) in [5.74, 6) is 1.79. The van der Waals surface area contributed by atoms with Crippen molar-refractivity contribution in [2.24, 2.45) is 5.92 Å². The number of H-pyrrole nitrogens is 1. The molecule has 1 saturated carbocycles. The van der Waals surface area contributed by atoms with Gasteiger partial charge in [-0.2, -0.15) is 5.21 Å². The minimum absolute atomic E-state index is 0.823. The number of aryl methyl sites for hydroxylation is 1. The van der Waals surface area contributed by atoms with Gasteiger partial charge in [0.15, 0.2) is 5.82 Å². The van der Waals surface area contributed by atoms with Gasteiger partial charge >= 0.3 is 0 Å². The summed E-state index contributed by atoms with van der Waals surface area (Å²) in [5.41, 5.74) is 0. The number of nitrogens with zero attached hydrogens (tertiary/aromatic N) is 3. The molecule has 1 aliphatic rings. The smallest absolute Gasteiger partial charge is 0.174 e. The van der Waals surface area contributed by atoms with E-state index in [1.165, 1.54) is 32.1 Å². The lowest BCUT2D eigenvalue weighted by Gasteiger charge is -2.02. The first kappa shape index (κ1) is 11.3. The van der Waals surface area contributed by atoms with Crippen molar-refractivity contribution in [1.82, 2.24) is 20.6 Å². The second-order valence-corrected chi connectivity index (χ2v) is 4.58. The Kier molecular flexibility index (Phi) is 4.52. The lowest BCUT2D eigenvalue weighted by molar-refractivity contribution is 0.557. The fourth-order valence-electron chi connectivity index (χ4n) is 2.32. The van der Waals surface area contributed by atoms with Gasteiger partial charge in [0.25, 0.3) is 0 Å². The third-order valence-corrected chi connectivity index (χ3v) is 3.27. The molecule has 0 radical (unpaired) electrons. The van der Waals surface area contributed by atoms with Crippen molar-refractivity contribution in [2.75, 3.05) is 0 Å². The van der Waals surface area contributed by atoms with Gasteiger partial charge in [-0.1, -0.05) is 43.0 Å². The maximum absolute atomic E-state index is 3.93. The molecule has 2 rings (SSSR count). The summed E-state index contributed by atoms with van der Waals surface area (Å²) >= 11 is 0. The van der Waals surface area contributed by atoms with Gasteiger partial charge in [-0.25, -0.2) is 0 Å². The molecule has 1 heterocycles. The number of rotatable bonds is 6. The van der Waals surface area contributed by atoms with E-state index in [2.05, 4.69) is 32.8 Å². The third-order valence-electron chi connectivity index (χ3n) is 3.27. The van der Waals surface area contributed by atoms with Crippen LogP contribution in [0, 0.1) is 5.92 Å². The zero-order chi connectivity index (χ0) is 11.1. The molecule has 1 fully saturated rings. The highest BCUT2D eigenvalue weighted by Gasteiger charge is 2.12. The average Bonchev–Trinajstić information content (AvgIpc) is 2.96. The number of aromatic nitrogens is 4. The third kappa shape index (κ3) is 3.76. The largest absolute Gasteiger partial charge is 0.177 e.